The SMILES string of the molecule is COC(=O)c1cncc(SCC(C)CO)n1. The first-order chi connectivity index (χ1) is 7.67. The van der Waals surface area contributed by atoms with Crippen LogP contribution in [0, 0.1) is 5.92 Å². The first kappa shape index (κ1) is 12.9. The summed E-state index contributed by atoms with van der Waals surface area (Å²) in [6.45, 7) is 2.07. The number of rotatable bonds is 5. The van der Waals surface area contributed by atoms with Gasteiger partial charge in [-0.1, -0.05) is 6.92 Å². The van der Waals surface area contributed by atoms with Gasteiger partial charge in [-0.3, -0.25) is 4.98 Å². The van der Waals surface area contributed by atoms with Crippen molar-refractivity contribution in [2.24, 2.45) is 5.92 Å². The summed E-state index contributed by atoms with van der Waals surface area (Å²) >= 11 is 1.45. The lowest BCUT2D eigenvalue weighted by Crippen LogP contribution is -2.07. The van der Waals surface area contributed by atoms with Crippen molar-refractivity contribution < 1.29 is 14.6 Å². The summed E-state index contributed by atoms with van der Waals surface area (Å²) in [5.74, 6) is 0.425. The number of hydrogen-bond donors (Lipinski definition) is 1. The summed E-state index contributed by atoms with van der Waals surface area (Å²) in [4.78, 5) is 19.2. The van der Waals surface area contributed by atoms with E-state index in [0.29, 0.717) is 5.03 Å². The second-order valence-electron chi connectivity index (χ2n) is 3.33. The fourth-order valence-corrected chi connectivity index (χ4v) is 1.76. The standard InChI is InChI=1S/C10H14N2O3S/c1-7(5-13)6-16-9-4-11-3-8(12-9)10(14)15-2/h3-4,7,13H,5-6H2,1-2H3. The first-order valence-electron chi connectivity index (χ1n) is 4.81. The molecule has 1 N–H and O–H groups in total. The number of carbonyl (C=O) groups excluding carboxylic acids is 1. The molecule has 5 nitrogen and oxygen atoms in total. The van der Waals surface area contributed by atoms with Gasteiger partial charge < -0.3 is 9.84 Å². The summed E-state index contributed by atoms with van der Waals surface area (Å²) in [6, 6.07) is 0. The Morgan fingerprint density at radius 2 is 2.38 bits per heavy atom. The molecule has 0 fully saturated rings. The van der Waals surface area contributed by atoms with Crippen molar-refractivity contribution in [3.05, 3.63) is 18.1 Å². The van der Waals surface area contributed by atoms with E-state index in [1.807, 2.05) is 6.92 Å². The Labute approximate surface area is 98.3 Å². The average molecular weight is 242 g/mol. The van der Waals surface area contributed by atoms with E-state index in [-0.39, 0.29) is 18.2 Å². The minimum atomic E-state index is -0.495. The fraction of sp³-hybridized carbons (Fsp3) is 0.500. The highest BCUT2D eigenvalue weighted by Gasteiger charge is 2.09. The Balaban J connectivity index is 2.64. The highest BCUT2D eigenvalue weighted by molar-refractivity contribution is 7.99. The normalized spacial score (nSPS) is 12.2. The van der Waals surface area contributed by atoms with Crippen LogP contribution in [0.1, 0.15) is 17.4 Å². The van der Waals surface area contributed by atoms with Crippen LogP contribution < -0.4 is 0 Å². The number of hydrogen-bond acceptors (Lipinski definition) is 6. The molecule has 88 valence electrons. The molecule has 1 atom stereocenters. The lowest BCUT2D eigenvalue weighted by Gasteiger charge is -2.06. The number of aliphatic hydroxyl groups excluding tert-OH is 1. The molecule has 1 aromatic rings. The molecule has 0 aliphatic rings. The zero-order valence-corrected chi connectivity index (χ0v) is 10.0. The van der Waals surface area contributed by atoms with E-state index in [1.54, 1.807) is 6.20 Å². The molecule has 1 aromatic heterocycles. The molecule has 0 saturated carbocycles. The molecule has 0 amide bonds. The Morgan fingerprint density at radius 1 is 1.62 bits per heavy atom. The van der Waals surface area contributed by atoms with E-state index < -0.39 is 5.97 Å². The summed E-state index contributed by atoms with van der Waals surface area (Å²) in [7, 11) is 1.30. The third-order valence-corrected chi connectivity index (χ3v) is 3.06. The fourth-order valence-electron chi connectivity index (χ4n) is 0.901. The number of ether oxygens (including phenoxy) is 1. The van der Waals surface area contributed by atoms with Gasteiger partial charge in [0.05, 0.1) is 19.5 Å². The predicted molar refractivity (Wildman–Crippen MR) is 60.3 cm³/mol. The van der Waals surface area contributed by atoms with Crippen LogP contribution >= 0.6 is 11.8 Å². The second kappa shape index (κ2) is 6.44. The van der Waals surface area contributed by atoms with E-state index in [4.69, 9.17) is 5.11 Å². The molecule has 0 saturated heterocycles. The van der Waals surface area contributed by atoms with Crippen LogP contribution in [0.5, 0.6) is 0 Å². The molecule has 0 aromatic carbocycles. The molecular formula is C10H14N2O3S. The molecular weight excluding hydrogens is 228 g/mol. The molecule has 0 bridgehead atoms. The zero-order valence-electron chi connectivity index (χ0n) is 9.21. The van der Waals surface area contributed by atoms with E-state index >= 15 is 0 Å². The second-order valence-corrected chi connectivity index (χ2v) is 4.37. The highest BCUT2D eigenvalue weighted by Crippen LogP contribution is 2.17. The number of methoxy groups -OCH3 is 1. The van der Waals surface area contributed by atoms with Gasteiger partial charge in [-0.15, -0.1) is 11.8 Å². The first-order valence-corrected chi connectivity index (χ1v) is 5.80. The predicted octanol–water partition coefficient (Wildman–Crippen LogP) is 0.984. The maximum absolute atomic E-state index is 11.2. The largest absolute Gasteiger partial charge is 0.464 e. The maximum atomic E-state index is 11.2. The number of aliphatic hydroxyl groups is 1. The minimum absolute atomic E-state index is 0.136. The van der Waals surface area contributed by atoms with Crippen molar-refractivity contribution in [1.29, 1.82) is 0 Å². The van der Waals surface area contributed by atoms with Crippen LogP contribution in [0.2, 0.25) is 0 Å². The molecule has 1 heterocycles. The van der Waals surface area contributed by atoms with Gasteiger partial charge in [0.1, 0.15) is 5.03 Å². The van der Waals surface area contributed by atoms with Gasteiger partial charge in [0.2, 0.25) is 0 Å². The summed E-state index contributed by atoms with van der Waals surface area (Å²) in [6.07, 6.45) is 2.95. The van der Waals surface area contributed by atoms with Crippen LogP contribution in [-0.2, 0) is 4.74 Å². The van der Waals surface area contributed by atoms with Crippen LogP contribution in [0.3, 0.4) is 0 Å². The molecule has 16 heavy (non-hydrogen) atoms. The molecule has 0 aliphatic heterocycles. The quantitative estimate of drug-likeness (QED) is 0.613. The Bertz CT molecular complexity index is 360. The van der Waals surface area contributed by atoms with Gasteiger partial charge in [0.25, 0.3) is 0 Å². The van der Waals surface area contributed by atoms with Gasteiger partial charge >= 0.3 is 5.97 Å². The topological polar surface area (TPSA) is 72.3 Å². The smallest absolute Gasteiger partial charge is 0.358 e. The molecule has 1 rings (SSSR count). The number of aromatic nitrogens is 2. The number of thioether (sulfide) groups is 1. The molecule has 0 spiro atoms. The van der Waals surface area contributed by atoms with Crippen molar-refractivity contribution in [3.8, 4) is 0 Å². The van der Waals surface area contributed by atoms with Gasteiger partial charge in [-0.05, 0) is 5.92 Å². The minimum Gasteiger partial charge on any atom is -0.464 e. The Kier molecular flexibility index (Phi) is 5.21. The van der Waals surface area contributed by atoms with E-state index in [1.165, 1.54) is 25.1 Å². The van der Waals surface area contributed by atoms with Crippen LogP contribution in [0.15, 0.2) is 17.4 Å². The summed E-state index contributed by atoms with van der Waals surface area (Å²) in [5.41, 5.74) is 0.198. The monoisotopic (exact) mass is 242 g/mol. The maximum Gasteiger partial charge on any atom is 0.358 e. The van der Waals surface area contributed by atoms with Crippen molar-refractivity contribution >= 4 is 17.7 Å². The van der Waals surface area contributed by atoms with E-state index in [0.717, 1.165) is 5.75 Å². The number of nitrogens with zero attached hydrogens (tertiary/aromatic N) is 2. The van der Waals surface area contributed by atoms with Crippen molar-refractivity contribution in [3.63, 3.8) is 0 Å². The molecule has 1 unspecified atom stereocenters. The van der Waals surface area contributed by atoms with Crippen LogP contribution in [0.4, 0.5) is 0 Å². The third-order valence-electron chi connectivity index (χ3n) is 1.83. The highest BCUT2D eigenvalue weighted by atomic mass is 32.2. The molecule has 0 radical (unpaired) electrons. The van der Waals surface area contributed by atoms with Gasteiger partial charge in [-0.2, -0.15) is 0 Å². The summed E-state index contributed by atoms with van der Waals surface area (Å²) in [5, 5.41) is 9.53. The van der Waals surface area contributed by atoms with Gasteiger partial charge in [0, 0.05) is 12.4 Å². The van der Waals surface area contributed by atoms with Gasteiger partial charge in [0.15, 0.2) is 5.69 Å². The van der Waals surface area contributed by atoms with Crippen molar-refractivity contribution in [1.82, 2.24) is 9.97 Å². The Morgan fingerprint density at radius 3 is 3.00 bits per heavy atom. The number of carbonyl (C=O) groups is 1. The van der Waals surface area contributed by atoms with Crippen molar-refractivity contribution in [2.45, 2.75) is 11.9 Å². The van der Waals surface area contributed by atoms with Gasteiger partial charge in [-0.25, -0.2) is 9.78 Å². The number of esters is 1. The van der Waals surface area contributed by atoms with Crippen LogP contribution in [0.25, 0.3) is 0 Å². The summed E-state index contributed by atoms with van der Waals surface area (Å²) < 4.78 is 4.55. The lowest BCUT2D eigenvalue weighted by atomic mass is 10.2. The van der Waals surface area contributed by atoms with Crippen LogP contribution in [-0.4, -0.2) is 40.5 Å². The molecule has 0 aliphatic carbocycles. The lowest BCUT2D eigenvalue weighted by molar-refractivity contribution is 0.0592. The van der Waals surface area contributed by atoms with E-state index in [2.05, 4.69) is 14.7 Å². The third kappa shape index (κ3) is 3.79. The van der Waals surface area contributed by atoms with Crippen molar-refractivity contribution in [2.75, 3.05) is 19.5 Å². The van der Waals surface area contributed by atoms with E-state index in [9.17, 15) is 4.79 Å². The zero-order chi connectivity index (χ0) is 12.0. The Hall–Kier alpha value is -1.14. The average Bonchev–Trinajstić information content (AvgIpc) is 2.35. The molecule has 6 heteroatoms.